The number of hydrogen-bond acceptors (Lipinski definition) is 4. The molecule has 0 aliphatic carbocycles. The second-order valence-corrected chi connectivity index (χ2v) is 7.53. The number of rotatable bonds is 4. The van der Waals surface area contributed by atoms with Crippen LogP contribution >= 0.6 is 15.9 Å². The van der Waals surface area contributed by atoms with Crippen LogP contribution in [0.5, 0.6) is 17.2 Å². The molecule has 30 heavy (non-hydrogen) atoms. The van der Waals surface area contributed by atoms with E-state index in [4.69, 9.17) is 9.47 Å². The van der Waals surface area contributed by atoms with E-state index in [1.54, 1.807) is 49.4 Å². The molecular formula is C22H16BrFN2O4. The minimum Gasteiger partial charge on any atom is -0.479 e. The van der Waals surface area contributed by atoms with Gasteiger partial charge in [0.2, 0.25) is 0 Å². The third-order valence-electron chi connectivity index (χ3n) is 4.40. The lowest BCUT2D eigenvalue weighted by atomic mass is 10.1. The van der Waals surface area contributed by atoms with Crippen LogP contribution in [0.4, 0.5) is 15.8 Å². The molecule has 0 fully saturated rings. The van der Waals surface area contributed by atoms with E-state index in [9.17, 15) is 14.0 Å². The first-order valence-electron chi connectivity index (χ1n) is 9.05. The van der Waals surface area contributed by atoms with Crippen molar-refractivity contribution in [1.29, 1.82) is 0 Å². The van der Waals surface area contributed by atoms with E-state index in [-0.39, 0.29) is 17.2 Å². The van der Waals surface area contributed by atoms with Crippen LogP contribution in [0.25, 0.3) is 0 Å². The summed E-state index contributed by atoms with van der Waals surface area (Å²) in [6, 6.07) is 15.8. The third kappa shape index (κ3) is 4.28. The molecule has 2 N–H and O–H groups in total. The van der Waals surface area contributed by atoms with E-state index < -0.39 is 17.8 Å². The zero-order chi connectivity index (χ0) is 21.3. The van der Waals surface area contributed by atoms with E-state index in [1.165, 1.54) is 12.1 Å². The molecule has 4 rings (SSSR count). The molecule has 6 nitrogen and oxygen atoms in total. The highest BCUT2D eigenvalue weighted by Crippen LogP contribution is 2.32. The molecule has 1 aliphatic heterocycles. The smallest absolute Gasteiger partial charge is 0.265 e. The lowest BCUT2D eigenvalue weighted by molar-refractivity contribution is -0.122. The summed E-state index contributed by atoms with van der Waals surface area (Å²) < 4.78 is 26.3. The summed E-state index contributed by atoms with van der Waals surface area (Å²) in [4.78, 5) is 24.3. The Labute approximate surface area is 180 Å². The lowest BCUT2D eigenvalue weighted by Gasteiger charge is -2.23. The Bertz CT molecular complexity index is 1130. The molecule has 0 aromatic heterocycles. The number of ether oxygens (including phenoxy) is 2. The minimum absolute atomic E-state index is 0.0108. The van der Waals surface area contributed by atoms with Crippen molar-refractivity contribution >= 4 is 39.1 Å². The zero-order valence-corrected chi connectivity index (χ0v) is 17.3. The summed E-state index contributed by atoms with van der Waals surface area (Å²) in [5, 5.41) is 5.39. The fourth-order valence-electron chi connectivity index (χ4n) is 2.84. The number of benzene rings is 3. The molecule has 152 valence electrons. The summed E-state index contributed by atoms with van der Waals surface area (Å²) in [6.45, 7) is 1.65. The standard InChI is InChI=1S/C22H16BrFN2O4/c1-12-21(27)26-18-11-15(5-9-20(18)29-12)25-22(28)13-2-8-19(17(24)10-13)30-16-6-3-14(23)4-7-16/h2-12H,1H3,(H,25,28)(H,26,27). The molecule has 0 radical (unpaired) electrons. The molecule has 1 unspecified atom stereocenters. The largest absolute Gasteiger partial charge is 0.479 e. The normalized spacial score (nSPS) is 14.9. The van der Waals surface area contributed by atoms with Crippen LogP contribution in [-0.4, -0.2) is 17.9 Å². The summed E-state index contributed by atoms with van der Waals surface area (Å²) in [6.07, 6.45) is -0.584. The van der Waals surface area contributed by atoms with Crippen molar-refractivity contribution in [2.45, 2.75) is 13.0 Å². The van der Waals surface area contributed by atoms with Gasteiger partial charge in [0.05, 0.1) is 5.69 Å². The summed E-state index contributed by atoms with van der Waals surface area (Å²) in [7, 11) is 0. The predicted octanol–water partition coefficient (Wildman–Crippen LogP) is 5.35. The molecule has 8 heteroatoms. The summed E-state index contributed by atoms with van der Waals surface area (Å²) in [5.41, 5.74) is 1.02. The maximum Gasteiger partial charge on any atom is 0.265 e. The van der Waals surface area contributed by atoms with Crippen molar-refractivity contribution < 1.29 is 23.5 Å². The van der Waals surface area contributed by atoms with E-state index >= 15 is 0 Å². The van der Waals surface area contributed by atoms with E-state index in [0.717, 1.165) is 10.5 Å². The van der Waals surface area contributed by atoms with Gasteiger partial charge in [0, 0.05) is 15.7 Å². The Hall–Kier alpha value is -3.39. The maximum atomic E-state index is 14.4. The van der Waals surface area contributed by atoms with Crippen molar-refractivity contribution in [1.82, 2.24) is 0 Å². The van der Waals surface area contributed by atoms with Crippen LogP contribution in [0.1, 0.15) is 17.3 Å². The fourth-order valence-corrected chi connectivity index (χ4v) is 3.11. The van der Waals surface area contributed by atoms with Gasteiger partial charge in [-0.15, -0.1) is 0 Å². The van der Waals surface area contributed by atoms with Gasteiger partial charge in [-0.05, 0) is 67.6 Å². The van der Waals surface area contributed by atoms with Crippen LogP contribution in [0.3, 0.4) is 0 Å². The highest BCUT2D eigenvalue weighted by atomic mass is 79.9. The Kier molecular flexibility index (Phi) is 5.41. The van der Waals surface area contributed by atoms with Crippen LogP contribution < -0.4 is 20.1 Å². The first kappa shape index (κ1) is 19.9. The van der Waals surface area contributed by atoms with Crippen LogP contribution in [0.15, 0.2) is 65.1 Å². The van der Waals surface area contributed by atoms with Crippen molar-refractivity contribution in [3.8, 4) is 17.2 Å². The number of anilines is 2. The number of fused-ring (bicyclic) bond motifs is 1. The number of amides is 2. The summed E-state index contributed by atoms with van der Waals surface area (Å²) >= 11 is 3.32. The Morgan fingerprint density at radius 2 is 1.90 bits per heavy atom. The van der Waals surface area contributed by atoms with Crippen LogP contribution in [0.2, 0.25) is 0 Å². The van der Waals surface area contributed by atoms with Gasteiger partial charge in [-0.2, -0.15) is 0 Å². The number of halogens is 2. The van der Waals surface area contributed by atoms with Crippen molar-refractivity contribution in [3.05, 3.63) is 76.5 Å². The number of carbonyl (C=O) groups is 2. The predicted molar refractivity (Wildman–Crippen MR) is 114 cm³/mol. The topological polar surface area (TPSA) is 76.7 Å². The van der Waals surface area contributed by atoms with Crippen molar-refractivity contribution in [2.75, 3.05) is 10.6 Å². The van der Waals surface area contributed by atoms with Crippen molar-refractivity contribution in [2.24, 2.45) is 0 Å². The highest BCUT2D eigenvalue weighted by Gasteiger charge is 2.23. The van der Waals surface area contributed by atoms with E-state index in [0.29, 0.717) is 22.9 Å². The van der Waals surface area contributed by atoms with E-state index in [1.807, 2.05) is 0 Å². The molecule has 0 saturated heterocycles. The fraction of sp³-hybridized carbons (Fsp3) is 0.0909. The van der Waals surface area contributed by atoms with E-state index in [2.05, 4.69) is 26.6 Å². The molecule has 3 aromatic carbocycles. The average molecular weight is 471 g/mol. The average Bonchev–Trinajstić information content (AvgIpc) is 2.72. The first-order valence-corrected chi connectivity index (χ1v) is 9.84. The van der Waals surface area contributed by atoms with Crippen molar-refractivity contribution in [3.63, 3.8) is 0 Å². The maximum absolute atomic E-state index is 14.4. The van der Waals surface area contributed by atoms with Gasteiger partial charge >= 0.3 is 0 Å². The Balaban J connectivity index is 1.47. The Morgan fingerprint density at radius 1 is 1.13 bits per heavy atom. The molecule has 1 heterocycles. The van der Waals surface area contributed by atoms with Crippen LogP contribution in [-0.2, 0) is 4.79 Å². The van der Waals surface area contributed by atoms with Gasteiger partial charge in [-0.3, -0.25) is 9.59 Å². The molecule has 3 aromatic rings. The van der Waals surface area contributed by atoms with Gasteiger partial charge in [-0.1, -0.05) is 15.9 Å². The van der Waals surface area contributed by atoms with Gasteiger partial charge < -0.3 is 20.1 Å². The second-order valence-electron chi connectivity index (χ2n) is 6.62. The SMILES string of the molecule is CC1Oc2ccc(NC(=O)c3ccc(Oc4ccc(Br)cc4)c(F)c3)cc2NC1=O. The number of hydrogen-bond donors (Lipinski definition) is 2. The third-order valence-corrected chi connectivity index (χ3v) is 4.93. The molecule has 0 bridgehead atoms. The first-order chi connectivity index (χ1) is 14.4. The molecular weight excluding hydrogens is 455 g/mol. The molecule has 1 atom stereocenters. The monoisotopic (exact) mass is 470 g/mol. The Morgan fingerprint density at radius 3 is 2.63 bits per heavy atom. The van der Waals surface area contributed by atoms with Gasteiger partial charge in [0.1, 0.15) is 11.5 Å². The quantitative estimate of drug-likeness (QED) is 0.538. The molecule has 0 saturated carbocycles. The summed E-state index contributed by atoms with van der Waals surface area (Å²) in [5.74, 6) is -0.431. The highest BCUT2D eigenvalue weighted by molar-refractivity contribution is 9.10. The van der Waals surface area contributed by atoms with Gasteiger partial charge in [0.25, 0.3) is 11.8 Å². The van der Waals surface area contributed by atoms with Crippen LogP contribution in [0, 0.1) is 5.82 Å². The zero-order valence-electron chi connectivity index (χ0n) is 15.7. The number of carbonyl (C=O) groups excluding carboxylic acids is 2. The number of nitrogens with one attached hydrogen (secondary N) is 2. The molecule has 1 aliphatic rings. The molecule has 0 spiro atoms. The second kappa shape index (κ2) is 8.16. The van der Waals surface area contributed by atoms with Gasteiger partial charge in [-0.25, -0.2) is 4.39 Å². The molecule has 2 amide bonds. The van der Waals surface area contributed by atoms with Gasteiger partial charge in [0.15, 0.2) is 17.7 Å². The minimum atomic E-state index is -0.661. The lowest BCUT2D eigenvalue weighted by Crippen LogP contribution is -2.34.